The van der Waals surface area contributed by atoms with E-state index in [1.807, 2.05) is 41.9 Å². The second kappa shape index (κ2) is 8.78. The van der Waals surface area contributed by atoms with Crippen molar-refractivity contribution < 1.29 is 13.9 Å². The Morgan fingerprint density at radius 1 is 1.13 bits per heavy atom. The molecule has 4 rings (SSSR count). The first kappa shape index (κ1) is 19.6. The molecule has 0 atom stereocenters. The molecule has 0 fully saturated rings. The fourth-order valence-corrected chi connectivity index (χ4v) is 3.25. The summed E-state index contributed by atoms with van der Waals surface area (Å²) in [5.74, 6) is 0.224. The van der Waals surface area contributed by atoms with Gasteiger partial charge < -0.3 is 14.5 Å². The number of halogens is 1. The molecule has 0 bridgehead atoms. The number of rotatable bonds is 7. The van der Waals surface area contributed by atoms with Crippen molar-refractivity contribution in [3.8, 4) is 5.75 Å². The van der Waals surface area contributed by atoms with Gasteiger partial charge in [0.05, 0.1) is 5.69 Å². The van der Waals surface area contributed by atoms with Gasteiger partial charge in [0.2, 0.25) is 0 Å². The lowest BCUT2D eigenvalue weighted by atomic mass is 10.1. The second-order valence-electron chi connectivity index (χ2n) is 7.10. The normalized spacial score (nSPS) is 10.9. The third kappa shape index (κ3) is 4.66. The van der Waals surface area contributed by atoms with Crippen molar-refractivity contribution in [2.45, 2.75) is 20.0 Å². The van der Waals surface area contributed by atoms with Crippen LogP contribution in [0.5, 0.6) is 5.75 Å². The largest absolute Gasteiger partial charge is 0.487 e. The molecule has 2 heterocycles. The number of amides is 1. The summed E-state index contributed by atoms with van der Waals surface area (Å²) in [6.07, 6.45) is 4.48. The summed E-state index contributed by atoms with van der Waals surface area (Å²) < 4.78 is 21.0. The average molecular weight is 403 g/mol. The first-order valence-corrected chi connectivity index (χ1v) is 9.77. The summed E-state index contributed by atoms with van der Waals surface area (Å²) in [5.41, 5.74) is 4.26. The highest BCUT2D eigenvalue weighted by Gasteiger charge is 2.07. The Balaban J connectivity index is 1.29. The van der Waals surface area contributed by atoms with Crippen LogP contribution in [-0.4, -0.2) is 21.8 Å². The number of aromatic nitrogens is 2. The van der Waals surface area contributed by atoms with Crippen molar-refractivity contribution in [2.75, 3.05) is 6.54 Å². The molecule has 0 saturated carbocycles. The minimum atomic E-state index is -0.270. The van der Waals surface area contributed by atoms with Gasteiger partial charge in [-0.2, -0.15) is 0 Å². The molecule has 0 aliphatic rings. The Morgan fingerprint density at radius 2 is 1.97 bits per heavy atom. The van der Waals surface area contributed by atoms with Crippen molar-refractivity contribution in [3.63, 3.8) is 0 Å². The Kier molecular flexibility index (Phi) is 5.75. The summed E-state index contributed by atoms with van der Waals surface area (Å²) >= 11 is 0. The van der Waals surface area contributed by atoms with E-state index in [2.05, 4.69) is 10.3 Å². The van der Waals surface area contributed by atoms with E-state index in [1.54, 1.807) is 30.3 Å². The Hall–Kier alpha value is -3.67. The molecule has 4 aromatic rings. The Labute approximate surface area is 174 Å². The molecular weight excluding hydrogens is 381 g/mol. The molecule has 6 heteroatoms. The van der Waals surface area contributed by atoms with E-state index in [9.17, 15) is 9.18 Å². The van der Waals surface area contributed by atoms with Crippen molar-refractivity contribution >= 4 is 11.6 Å². The maximum absolute atomic E-state index is 13.2. The lowest BCUT2D eigenvalue weighted by Gasteiger charge is -2.07. The zero-order valence-electron chi connectivity index (χ0n) is 16.6. The summed E-state index contributed by atoms with van der Waals surface area (Å²) in [5, 5.41) is 2.85. The molecule has 2 aromatic carbocycles. The van der Waals surface area contributed by atoms with Crippen molar-refractivity contribution in [1.29, 1.82) is 0 Å². The van der Waals surface area contributed by atoms with E-state index < -0.39 is 0 Å². The van der Waals surface area contributed by atoms with Gasteiger partial charge >= 0.3 is 0 Å². The van der Waals surface area contributed by atoms with Gasteiger partial charge in [0.15, 0.2) is 0 Å². The molecule has 0 unspecified atom stereocenters. The van der Waals surface area contributed by atoms with Crippen LogP contribution in [0.25, 0.3) is 5.65 Å². The predicted molar refractivity (Wildman–Crippen MR) is 113 cm³/mol. The van der Waals surface area contributed by atoms with Crippen LogP contribution < -0.4 is 10.1 Å². The van der Waals surface area contributed by atoms with Gasteiger partial charge in [0.25, 0.3) is 5.91 Å². The van der Waals surface area contributed by atoms with E-state index in [-0.39, 0.29) is 11.7 Å². The summed E-state index contributed by atoms with van der Waals surface area (Å²) in [6.45, 7) is 2.81. The van der Waals surface area contributed by atoms with Gasteiger partial charge in [-0.05, 0) is 66.9 Å². The highest BCUT2D eigenvalue weighted by molar-refractivity contribution is 5.94. The van der Waals surface area contributed by atoms with Gasteiger partial charge in [-0.1, -0.05) is 18.2 Å². The highest BCUT2D eigenvalue weighted by Crippen LogP contribution is 2.16. The molecule has 152 valence electrons. The van der Waals surface area contributed by atoms with E-state index in [0.717, 1.165) is 22.5 Å². The SMILES string of the molecule is Cc1cccn2cc(COc3ccc(C(=O)NCCc4cccc(F)c4)cc3)nc12. The lowest BCUT2D eigenvalue weighted by molar-refractivity contribution is 0.0954. The molecule has 0 spiro atoms. The van der Waals surface area contributed by atoms with E-state index in [0.29, 0.717) is 30.9 Å². The third-order valence-electron chi connectivity index (χ3n) is 4.82. The number of nitrogens with zero attached hydrogens (tertiary/aromatic N) is 2. The number of nitrogens with one attached hydrogen (secondary N) is 1. The maximum Gasteiger partial charge on any atom is 0.251 e. The number of benzene rings is 2. The van der Waals surface area contributed by atoms with Gasteiger partial charge in [0, 0.05) is 24.5 Å². The summed E-state index contributed by atoms with van der Waals surface area (Å²) in [6, 6.07) is 17.4. The summed E-state index contributed by atoms with van der Waals surface area (Å²) in [4.78, 5) is 16.9. The Bertz CT molecular complexity index is 1170. The van der Waals surface area contributed by atoms with Crippen molar-refractivity contribution in [1.82, 2.24) is 14.7 Å². The number of hydrogen-bond acceptors (Lipinski definition) is 3. The van der Waals surface area contributed by atoms with Gasteiger partial charge in [-0.25, -0.2) is 9.37 Å². The summed E-state index contributed by atoms with van der Waals surface area (Å²) in [7, 11) is 0. The molecule has 2 aromatic heterocycles. The number of fused-ring (bicyclic) bond motifs is 1. The van der Waals surface area contributed by atoms with Gasteiger partial charge in [-0.3, -0.25) is 4.79 Å². The lowest BCUT2D eigenvalue weighted by Crippen LogP contribution is -2.25. The molecule has 30 heavy (non-hydrogen) atoms. The van der Waals surface area contributed by atoms with E-state index in [1.165, 1.54) is 12.1 Å². The second-order valence-corrected chi connectivity index (χ2v) is 7.10. The topological polar surface area (TPSA) is 55.6 Å². The number of aryl methyl sites for hydroxylation is 1. The number of imidazole rings is 1. The zero-order valence-corrected chi connectivity index (χ0v) is 16.6. The molecule has 5 nitrogen and oxygen atoms in total. The van der Waals surface area contributed by atoms with E-state index in [4.69, 9.17) is 4.74 Å². The number of pyridine rings is 1. The monoisotopic (exact) mass is 403 g/mol. The molecule has 0 radical (unpaired) electrons. The maximum atomic E-state index is 13.2. The van der Waals surface area contributed by atoms with Crippen LogP contribution in [-0.2, 0) is 13.0 Å². The quantitative estimate of drug-likeness (QED) is 0.500. The molecule has 0 saturated heterocycles. The van der Waals surface area contributed by atoms with Crippen LogP contribution >= 0.6 is 0 Å². The third-order valence-corrected chi connectivity index (χ3v) is 4.82. The predicted octanol–water partition coefficient (Wildman–Crippen LogP) is 4.33. The molecule has 1 N–H and O–H groups in total. The number of ether oxygens (including phenoxy) is 1. The van der Waals surface area contributed by atoms with Crippen molar-refractivity contribution in [3.05, 3.63) is 101 Å². The van der Waals surface area contributed by atoms with Crippen LogP contribution in [0, 0.1) is 12.7 Å². The van der Waals surface area contributed by atoms with Gasteiger partial charge in [-0.15, -0.1) is 0 Å². The standard InChI is InChI=1S/C24H22FN3O2/c1-17-4-3-13-28-15-21(27-23(17)28)16-30-22-9-7-19(8-10-22)24(29)26-12-11-18-5-2-6-20(25)14-18/h2-10,13-15H,11-12,16H2,1H3,(H,26,29). The fourth-order valence-electron chi connectivity index (χ4n) is 3.25. The number of carbonyl (C=O) groups is 1. The number of carbonyl (C=O) groups excluding carboxylic acids is 1. The van der Waals surface area contributed by atoms with Gasteiger partial charge in [0.1, 0.15) is 23.8 Å². The first-order valence-electron chi connectivity index (χ1n) is 9.77. The van der Waals surface area contributed by atoms with Crippen LogP contribution in [0.4, 0.5) is 4.39 Å². The van der Waals surface area contributed by atoms with E-state index >= 15 is 0 Å². The number of hydrogen-bond donors (Lipinski definition) is 1. The first-order chi connectivity index (χ1) is 14.6. The molecule has 1 amide bonds. The molecule has 0 aliphatic carbocycles. The van der Waals surface area contributed by atoms with Crippen LogP contribution in [0.15, 0.2) is 73.1 Å². The van der Waals surface area contributed by atoms with Crippen LogP contribution in [0.2, 0.25) is 0 Å². The average Bonchev–Trinajstić information content (AvgIpc) is 3.17. The smallest absolute Gasteiger partial charge is 0.251 e. The van der Waals surface area contributed by atoms with Crippen LogP contribution in [0.1, 0.15) is 27.2 Å². The zero-order chi connectivity index (χ0) is 20.9. The fraction of sp³-hybridized carbons (Fsp3) is 0.167. The molecule has 0 aliphatic heterocycles. The highest BCUT2D eigenvalue weighted by atomic mass is 19.1. The minimum absolute atomic E-state index is 0.172. The van der Waals surface area contributed by atoms with Crippen LogP contribution in [0.3, 0.4) is 0 Å². The van der Waals surface area contributed by atoms with Crippen molar-refractivity contribution in [2.24, 2.45) is 0 Å². The molecular formula is C24H22FN3O2. The minimum Gasteiger partial charge on any atom is -0.487 e. The Morgan fingerprint density at radius 3 is 2.73 bits per heavy atom.